The number of para-hydroxylation sites is 1. The van der Waals surface area contributed by atoms with E-state index in [0.717, 1.165) is 34.0 Å². The van der Waals surface area contributed by atoms with Crippen LogP contribution in [0.4, 0.5) is 0 Å². The fourth-order valence-corrected chi connectivity index (χ4v) is 6.91. The largest absolute Gasteiger partial charge is 3.00 e. The third-order valence-electron chi connectivity index (χ3n) is 9.50. The van der Waals surface area contributed by atoms with E-state index < -0.39 is 0 Å². The first-order valence-electron chi connectivity index (χ1n) is 15.5. The Hall–Kier alpha value is -3.27. The molecule has 0 spiro atoms. The summed E-state index contributed by atoms with van der Waals surface area (Å²) < 4.78 is 11.1. The van der Waals surface area contributed by atoms with Crippen molar-refractivity contribution in [1.29, 1.82) is 0 Å². The molecule has 0 saturated heterocycles. The molecule has 2 aromatic heterocycles. The van der Waals surface area contributed by atoms with Gasteiger partial charge in [-0.25, -0.2) is 0 Å². The topological polar surface area (TPSA) is 30.9 Å². The van der Waals surface area contributed by atoms with Gasteiger partial charge in [0.05, 0.1) is 17.1 Å². The van der Waals surface area contributed by atoms with E-state index in [-0.39, 0.29) is 30.9 Å². The summed E-state index contributed by atoms with van der Waals surface area (Å²) in [5.41, 5.74) is 8.42. The Morgan fingerprint density at radius 3 is 2.42 bits per heavy atom. The summed E-state index contributed by atoms with van der Waals surface area (Å²) in [5.74, 6) is 1.86. The molecular formula is C38H39IrN3O+. The first-order chi connectivity index (χ1) is 20.3. The summed E-state index contributed by atoms with van der Waals surface area (Å²) in [5, 5.41) is 0. The maximum Gasteiger partial charge on any atom is 3.00 e. The van der Waals surface area contributed by atoms with Crippen LogP contribution >= 0.6 is 0 Å². The molecule has 0 amide bonds. The molecule has 0 atom stereocenters. The average Bonchev–Trinajstić information content (AvgIpc) is 3.42. The maximum atomic E-state index is 6.49. The summed E-state index contributed by atoms with van der Waals surface area (Å²) in [6.45, 7) is 9.43. The van der Waals surface area contributed by atoms with E-state index >= 15 is 0 Å². The van der Waals surface area contributed by atoms with Crippen LogP contribution in [0.2, 0.25) is 0 Å². The van der Waals surface area contributed by atoms with Crippen LogP contribution in [0.25, 0.3) is 28.0 Å². The van der Waals surface area contributed by atoms with Crippen molar-refractivity contribution in [3.05, 3.63) is 103 Å². The molecule has 3 aliphatic rings. The second kappa shape index (κ2) is 11.7. The van der Waals surface area contributed by atoms with Gasteiger partial charge in [-0.2, -0.15) is 11.6 Å². The molecule has 3 aromatic carbocycles. The molecule has 4 nitrogen and oxygen atoms in total. The standard InChI is InChI=1S/C27H31N2O.C11H8N.Ir/c1-26(2)13-14-27(3,4)20-16-24-22(15-19(20)26)29-17-28(18-9-6-5-7-10-18)21-11-8-12-23(30-24)25(21)29;1-2-6-10(7-3-1)11-8-4-5-9-12-11;/h8,11-12,16,18H,5-7,9-10,13-14H2,1-4H3;1-6,8-9H;/q2*-1;+3. The second-order valence-corrected chi connectivity index (χ2v) is 13.4. The van der Waals surface area contributed by atoms with Crippen molar-refractivity contribution < 1.29 is 29.4 Å². The Balaban J connectivity index is 0.000000213. The molecule has 2 aliphatic carbocycles. The zero-order valence-electron chi connectivity index (χ0n) is 25.5. The van der Waals surface area contributed by atoms with Crippen molar-refractivity contribution in [3.8, 4) is 28.4 Å². The van der Waals surface area contributed by atoms with Gasteiger partial charge in [0.2, 0.25) is 6.33 Å². The Morgan fingerprint density at radius 1 is 0.884 bits per heavy atom. The van der Waals surface area contributed by atoms with E-state index in [2.05, 4.69) is 84.5 Å². The maximum absolute atomic E-state index is 6.49. The summed E-state index contributed by atoms with van der Waals surface area (Å²) >= 11 is 0. The number of aromatic nitrogens is 3. The van der Waals surface area contributed by atoms with E-state index in [1.54, 1.807) is 6.20 Å². The zero-order chi connectivity index (χ0) is 28.9. The minimum absolute atomic E-state index is 0. The van der Waals surface area contributed by atoms with Crippen molar-refractivity contribution in [2.24, 2.45) is 0 Å². The molecule has 0 radical (unpaired) electrons. The van der Waals surface area contributed by atoms with Crippen LogP contribution in [0.15, 0.2) is 72.9 Å². The Morgan fingerprint density at radius 2 is 1.67 bits per heavy atom. The molecule has 0 N–H and O–H groups in total. The Bertz CT molecular complexity index is 1700. The van der Waals surface area contributed by atoms with E-state index in [0.29, 0.717) is 6.04 Å². The predicted octanol–water partition coefficient (Wildman–Crippen LogP) is 9.02. The van der Waals surface area contributed by atoms with Crippen molar-refractivity contribution in [2.45, 2.75) is 89.5 Å². The van der Waals surface area contributed by atoms with Crippen LogP contribution in [-0.4, -0.2) is 9.55 Å². The number of hydrogen-bond acceptors (Lipinski definition) is 2. The third kappa shape index (κ3) is 5.47. The van der Waals surface area contributed by atoms with Gasteiger partial charge in [0, 0.05) is 11.9 Å². The quantitative estimate of drug-likeness (QED) is 0.131. The molecule has 0 unspecified atom stereocenters. The van der Waals surface area contributed by atoms with E-state index in [4.69, 9.17) is 4.74 Å². The molecule has 43 heavy (non-hydrogen) atoms. The first kappa shape index (κ1) is 29.8. The SMILES string of the molecule is CC1(C)CCC(C)(C)c2cc3c([c-]c21)-[n+]1[c-]n(C2CCCCC2)c2cccc(c21)O3.[Ir+3].[c-]1ccccc1-c1ccccn1. The fourth-order valence-electron chi connectivity index (χ4n) is 6.91. The number of rotatable bonds is 2. The average molecular weight is 746 g/mol. The summed E-state index contributed by atoms with van der Waals surface area (Å²) in [6.07, 6.45) is 14.4. The molecule has 5 aromatic rings. The van der Waals surface area contributed by atoms with Crippen molar-refractivity contribution in [3.63, 3.8) is 0 Å². The molecule has 5 heteroatoms. The molecule has 8 rings (SSSR count). The van der Waals surface area contributed by atoms with Crippen molar-refractivity contribution in [1.82, 2.24) is 9.55 Å². The summed E-state index contributed by atoms with van der Waals surface area (Å²) in [6, 6.07) is 29.9. The van der Waals surface area contributed by atoms with Crippen LogP contribution in [0, 0.1) is 18.5 Å². The van der Waals surface area contributed by atoms with Crippen LogP contribution in [-0.2, 0) is 30.9 Å². The van der Waals surface area contributed by atoms with E-state index in [1.165, 1.54) is 61.6 Å². The van der Waals surface area contributed by atoms with Gasteiger partial charge in [-0.05, 0) is 61.0 Å². The molecule has 220 valence electrons. The van der Waals surface area contributed by atoms with Crippen molar-refractivity contribution in [2.75, 3.05) is 0 Å². The smallest absolute Gasteiger partial charge is 0.527 e. The number of imidazole rings is 1. The molecular weight excluding hydrogens is 707 g/mol. The minimum atomic E-state index is 0. The van der Waals surface area contributed by atoms with Crippen LogP contribution in [0.5, 0.6) is 11.5 Å². The number of nitrogens with zero attached hydrogens (tertiary/aromatic N) is 3. The number of fused-ring (bicyclic) bond motifs is 3. The fraction of sp³-hybridized carbons (Fsp3) is 0.368. The molecule has 3 heterocycles. The van der Waals surface area contributed by atoms with E-state index in [1.807, 2.05) is 42.5 Å². The number of pyridine rings is 1. The minimum Gasteiger partial charge on any atom is -0.527 e. The van der Waals surface area contributed by atoms with Gasteiger partial charge in [-0.1, -0.05) is 70.2 Å². The van der Waals surface area contributed by atoms with Gasteiger partial charge in [0.15, 0.2) is 0 Å². The molecule has 1 aliphatic heterocycles. The number of hydrogen-bond donors (Lipinski definition) is 0. The van der Waals surface area contributed by atoms with Gasteiger partial charge < -0.3 is 18.9 Å². The molecule has 1 saturated carbocycles. The van der Waals surface area contributed by atoms with Crippen LogP contribution < -0.4 is 9.30 Å². The van der Waals surface area contributed by atoms with Gasteiger partial charge in [-0.3, -0.25) is 0 Å². The van der Waals surface area contributed by atoms with Gasteiger partial charge in [-0.15, -0.1) is 47.5 Å². The summed E-state index contributed by atoms with van der Waals surface area (Å²) in [4.78, 5) is 4.22. The van der Waals surface area contributed by atoms with Crippen LogP contribution in [0.1, 0.15) is 89.8 Å². The number of ether oxygens (including phenoxy) is 1. The van der Waals surface area contributed by atoms with Gasteiger partial charge >= 0.3 is 20.1 Å². The van der Waals surface area contributed by atoms with Gasteiger partial charge in [0.1, 0.15) is 5.75 Å². The third-order valence-corrected chi connectivity index (χ3v) is 9.50. The Labute approximate surface area is 269 Å². The molecule has 0 bridgehead atoms. The zero-order valence-corrected chi connectivity index (χ0v) is 27.9. The Kier molecular flexibility index (Phi) is 8.08. The molecule has 1 fully saturated rings. The normalized spacial score (nSPS) is 17.9. The second-order valence-electron chi connectivity index (χ2n) is 13.4. The predicted molar refractivity (Wildman–Crippen MR) is 167 cm³/mol. The van der Waals surface area contributed by atoms with E-state index in [9.17, 15) is 0 Å². The summed E-state index contributed by atoms with van der Waals surface area (Å²) in [7, 11) is 0. The monoisotopic (exact) mass is 746 g/mol. The number of benzene rings is 3. The van der Waals surface area contributed by atoms with Crippen molar-refractivity contribution >= 4 is 11.0 Å². The first-order valence-corrected chi connectivity index (χ1v) is 15.5. The van der Waals surface area contributed by atoms with Gasteiger partial charge in [0.25, 0.3) is 0 Å². The van der Waals surface area contributed by atoms with Crippen LogP contribution in [0.3, 0.4) is 0 Å².